The highest BCUT2D eigenvalue weighted by Gasteiger charge is 2.34. The lowest BCUT2D eigenvalue weighted by Crippen LogP contribution is -2.30. The van der Waals surface area contributed by atoms with Gasteiger partial charge in [-0.2, -0.15) is 5.26 Å². The fraction of sp³-hybridized carbons (Fsp3) is 0.235. The number of unbranched alkanes of at least 4 members (excludes halogenated alkanes) is 1. The van der Waals surface area contributed by atoms with Crippen LogP contribution in [0.25, 0.3) is 0 Å². The Morgan fingerprint density at radius 3 is 2.38 bits per heavy atom. The van der Waals surface area contributed by atoms with Gasteiger partial charge in [0.1, 0.15) is 6.07 Å². The van der Waals surface area contributed by atoms with Gasteiger partial charge in [0.25, 0.3) is 11.8 Å². The molecule has 7 heteroatoms. The van der Waals surface area contributed by atoms with Crippen LogP contribution in [0.15, 0.2) is 36.7 Å². The Kier molecular flexibility index (Phi) is 4.47. The van der Waals surface area contributed by atoms with Crippen LogP contribution in [0.1, 0.15) is 39.3 Å². The Hall–Kier alpha value is -3.27. The third-order valence-corrected chi connectivity index (χ3v) is 3.78. The van der Waals surface area contributed by atoms with E-state index in [1.165, 1.54) is 17.3 Å². The van der Waals surface area contributed by atoms with Gasteiger partial charge in [0.2, 0.25) is 0 Å². The quantitative estimate of drug-likeness (QED) is 0.644. The fourth-order valence-electron chi connectivity index (χ4n) is 2.59. The van der Waals surface area contributed by atoms with E-state index in [2.05, 4.69) is 15.3 Å². The van der Waals surface area contributed by atoms with Crippen LogP contribution in [0.2, 0.25) is 0 Å². The van der Waals surface area contributed by atoms with Gasteiger partial charge in [-0.25, -0.2) is 9.97 Å². The van der Waals surface area contributed by atoms with Crippen molar-refractivity contribution in [3.05, 3.63) is 53.5 Å². The second-order valence-corrected chi connectivity index (χ2v) is 5.31. The minimum absolute atomic E-state index is 0.232. The minimum Gasteiger partial charge on any atom is -0.368 e. The summed E-state index contributed by atoms with van der Waals surface area (Å²) < 4.78 is 0. The molecule has 0 aliphatic carbocycles. The largest absolute Gasteiger partial charge is 0.368 e. The van der Waals surface area contributed by atoms with E-state index in [-0.39, 0.29) is 17.5 Å². The van der Waals surface area contributed by atoms with E-state index in [4.69, 9.17) is 5.26 Å². The maximum atomic E-state index is 12.2. The lowest BCUT2D eigenvalue weighted by Gasteiger charge is -2.13. The maximum absolute atomic E-state index is 12.2. The van der Waals surface area contributed by atoms with Crippen LogP contribution in [0.4, 0.5) is 5.82 Å². The lowest BCUT2D eigenvalue weighted by atomic mass is 10.1. The van der Waals surface area contributed by atoms with E-state index >= 15 is 0 Å². The maximum Gasteiger partial charge on any atom is 0.261 e. The van der Waals surface area contributed by atoms with Crippen LogP contribution in [0.3, 0.4) is 0 Å². The van der Waals surface area contributed by atoms with Gasteiger partial charge in [-0.1, -0.05) is 12.1 Å². The zero-order valence-electron chi connectivity index (χ0n) is 12.9. The normalized spacial score (nSPS) is 12.9. The van der Waals surface area contributed by atoms with Gasteiger partial charge in [0, 0.05) is 25.5 Å². The first-order chi connectivity index (χ1) is 11.7. The van der Waals surface area contributed by atoms with E-state index in [0.717, 1.165) is 6.42 Å². The number of benzene rings is 1. The molecule has 0 fully saturated rings. The molecule has 1 aromatic carbocycles. The Balaban J connectivity index is 1.49. The Labute approximate surface area is 139 Å². The number of nitrogens with one attached hydrogen (secondary N) is 1. The van der Waals surface area contributed by atoms with Gasteiger partial charge in [-0.3, -0.25) is 14.5 Å². The van der Waals surface area contributed by atoms with Gasteiger partial charge in [0.15, 0.2) is 11.5 Å². The molecule has 0 atom stereocenters. The summed E-state index contributed by atoms with van der Waals surface area (Å²) in [4.78, 5) is 33.7. The molecule has 0 radical (unpaired) electrons. The van der Waals surface area contributed by atoms with Gasteiger partial charge < -0.3 is 5.32 Å². The second-order valence-electron chi connectivity index (χ2n) is 5.31. The van der Waals surface area contributed by atoms with Crippen molar-refractivity contribution in [3.8, 4) is 6.07 Å². The van der Waals surface area contributed by atoms with E-state index in [0.29, 0.717) is 36.5 Å². The number of imide groups is 1. The van der Waals surface area contributed by atoms with Crippen molar-refractivity contribution in [2.75, 3.05) is 18.4 Å². The van der Waals surface area contributed by atoms with Gasteiger partial charge in [-0.15, -0.1) is 0 Å². The first kappa shape index (κ1) is 15.6. The highest BCUT2D eigenvalue weighted by molar-refractivity contribution is 6.21. The summed E-state index contributed by atoms with van der Waals surface area (Å²) in [5.74, 6) is -0.0192. The monoisotopic (exact) mass is 321 g/mol. The van der Waals surface area contributed by atoms with Crippen LogP contribution in [-0.4, -0.2) is 39.8 Å². The van der Waals surface area contributed by atoms with Crippen molar-refractivity contribution in [1.82, 2.24) is 14.9 Å². The molecule has 2 heterocycles. The fourth-order valence-corrected chi connectivity index (χ4v) is 2.59. The molecular weight excluding hydrogens is 306 g/mol. The number of hydrogen-bond acceptors (Lipinski definition) is 6. The smallest absolute Gasteiger partial charge is 0.261 e. The number of nitriles is 1. The molecule has 1 N–H and O–H groups in total. The number of carbonyl (C=O) groups is 2. The Morgan fingerprint density at radius 2 is 1.71 bits per heavy atom. The molecule has 0 bridgehead atoms. The molecule has 1 aliphatic rings. The number of rotatable bonds is 6. The van der Waals surface area contributed by atoms with E-state index in [9.17, 15) is 9.59 Å². The molecule has 0 saturated heterocycles. The third-order valence-electron chi connectivity index (χ3n) is 3.78. The van der Waals surface area contributed by atoms with Gasteiger partial charge in [-0.05, 0) is 25.0 Å². The molecule has 2 aromatic rings. The van der Waals surface area contributed by atoms with Crippen molar-refractivity contribution < 1.29 is 9.59 Å². The number of hydrogen-bond donors (Lipinski definition) is 1. The van der Waals surface area contributed by atoms with E-state index in [1.807, 2.05) is 6.07 Å². The molecule has 2 amide bonds. The highest BCUT2D eigenvalue weighted by atomic mass is 16.2. The number of nitrogens with zero attached hydrogens (tertiary/aromatic N) is 4. The molecule has 3 rings (SSSR count). The summed E-state index contributed by atoms with van der Waals surface area (Å²) in [6, 6.07) is 8.83. The summed E-state index contributed by atoms with van der Waals surface area (Å²) in [6.07, 6.45) is 4.38. The highest BCUT2D eigenvalue weighted by Crippen LogP contribution is 2.22. The first-order valence-corrected chi connectivity index (χ1v) is 7.62. The number of aromatic nitrogens is 2. The van der Waals surface area contributed by atoms with Crippen molar-refractivity contribution in [2.45, 2.75) is 12.8 Å². The van der Waals surface area contributed by atoms with Crippen molar-refractivity contribution in [1.29, 1.82) is 5.26 Å². The summed E-state index contributed by atoms with van der Waals surface area (Å²) in [5.41, 5.74) is 1.19. The van der Waals surface area contributed by atoms with Gasteiger partial charge >= 0.3 is 0 Å². The molecule has 24 heavy (non-hydrogen) atoms. The molecule has 7 nitrogen and oxygen atoms in total. The Bertz CT molecular complexity index is 793. The molecule has 0 spiro atoms. The molecule has 1 aliphatic heterocycles. The second kappa shape index (κ2) is 6.87. The van der Waals surface area contributed by atoms with E-state index < -0.39 is 0 Å². The molecule has 0 unspecified atom stereocenters. The summed E-state index contributed by atoms with van der Waals surface area (Å²) in [5, 5.41) is 12.0. The molecular formula is C17H15N5O2. The number of fused-ring (bicyclic) bond motifs is 1. The predicted octanol–water partition coefficient (Wildman–Crippen LogP) is 1.84. The van der Waals surface area contributed by atoms with Crippen molar-refractivity contribution in [3.63, 3.8) is 0 Å². The predicted molar refractivity (Wildman–Crippen MR) is 86.3 cm³/mol. The molecule has 0 saturated carbocycles. The third kappa shape index (κ3) is 2.94. The van der Waals surface area contributed by atoms with Crippen LogP contribution >= 0.6 is 0 Å². The Morgan fingerprint density at radius 1 is 1.04 bits per heavy atom. The molecule has 1 aromatic heterocycles. The topological polar surface area (TPSA) is 99.0 Å². The zero-order chi connectivity index (χ0) is 16.9. The van der Waals surface area contributed by atoms with Crippen molar-refractivity contribution >= 4 is 17.6 Å². The van der Waals surface area contributed by atoms with Gasteiger partial charge in [0.05, 0.1) is 11.1 Å². The average molecular weight is 321 g/mol. The minimum atomic E-state index is -0.232. The average Bonchev–Trinajstić information content (AvgIpc) is 2.87. The van der Waals surface area contributed by atoms with Crippen LogP contribution in [0, 0.1) is 11.3 Å². The van der Waals surface area contributed by atoms with E-state index in [1.54, 1.807) is 24.3 Å². The summed E-state index contributed by atoms with van der Waals surface area (Å²) in [7, 11) is 0. The number of anilines is 1. The summed E-state index contributed by atoms with van der Waals surface area (Å²) >= 11 is 0. The van der Waals surface area contributed by atoms with Crippen LogP contribution in [-0.2, 0) is 0 Å². The lowest BCUT2D eigenvalue weighted by molar-refractivity contribution is 0.0652. The molecule has 120 valence electrons. The van der Waals surface area contributed by atoms with Crippen LogP contribution in [0.5, 0.6) is 0 Å². The van der Waals surface area contributed by atoms with Crippen LogP contribution < -0.4 is 5.32 Å². The van der Waals surface area contributed by atoms with Crippen molar-refractivity contribution in [2.24, 2.45) is 0 Å². The standard InChI is InChI=1S/C17H15N5O2/c18-11-14-15(21-9-8-19-14)20-7-3-4-10-22-16(23)12-5-1-2-6-13(12)17(22)24/h1-2,5-6,8-9H,3-4,7,10H2,(H,20,21). The number of carbonyl (C=O) groups excluding carboxylic acids is 2. The SMILES string of the molecule is N#Cc1nccnc1NCCCCN1C(=O)c2ccccc2C1=O. The zero-order valence-corrected chi connectivity index (χ0v) is 12.9. The number of amides is 2. The first-order valence-electron chi connectivity index (χ1n) is 7.62. The summed E-state index contributed by atoms with van der Waals surface area (Å²) in [6.45, 7) is 0.955.